The monoisotopic (exact) mass is 359 g/mol. The molecule has 5 nitrogen and oxygen atoms in total. The molecule has 0 aliphatic carbocycles. The lowest BCUT2D eigenvalue weighted by atomic mass is 10.0. The fourth-order valence-electron chi connectivity index (χ4n) is 2.87. The molecule has 6 heteroatoms. The van der Waals surface area contributed by atoms with E-state index < -0.39 is 0 Å². The molecule has 0 saturated heterocycles. The summed E-state index contributed by atoms with van der Waals surface area (Å²) in [4.78, 5) is 4.42. The minimum Gasteiger partial charge on any atom is -0.497 e. The van der Waals surface area contributed by atoms with Crippen LogP contribution in [-0.2, 0) is 6.42 Å². The van der Waals surface area contributed by atoms with Gasteiger partial charge in [-0.25, -0.2) is 0 Å². The first-order valence-corrected chi connectivity index (χ1v) is 8.66. The second-order valence-corrected chi connectivity index (χ2v) is 6.25. The SMILES string of the molecule is COc1ccc(CCN=C(N)NC2CCOc3ccccc32)c(Cl)c1. The van der Waals surface area contributed by atoms with Gasteiger partial charge in [0.25, 0.3) is 0 Å². The van der Waals surface area contributed by atoms with Crippen molar-refractivity contribution in [3.05, 3.63) is 58.6 Å². The number of aliphatic imine (C=N–C) groups is 1. The van der Waals surface area contributed by atoms with Crippen LogP contribution >= 0.6 is 11.6 Å². The van der Waals surface area contributed by atoms with Crippen molar-refractivity contribution < 1.29 is 9.47 Å². The van der Waals surface area contributed by atoms with Crippen LogP contribution in [0.1, 0.15) is 23.6 Å². The normalized spacial score (nSPS) is 16.7. The van der Waals surface area contributed by atoms with Crippen LogP contribution in [0, 0.1) is 0 Å². The first-order valence-electron chi connectivity index (χ1n) is 8.28. The van der Waals surface area contributed by atoms with Gasteiger partial charge in [0.2, 0.25) is 0 Å². The topological polar surface area (TPSA) is 68.9 Å². The molecule has 1 heterocycles. The fourth-order valence-corrected chi connectivity index (χ4v) is 3.14. The quantitative estimate of drug-likeness (QED) is 0.634. The van der Waals surface area contributed by atoms with Crippen molar-refractivity contribution in [3.8, 4) is 11.5 Å². The number of fused-ring (bicyclic) bond motifs is 1. The van der Waals surface area contributed by atoms with Gasteiger partial charge in [-0.1, -0.05) is 35.9 Å². The summed E-state index contributed by atoms with van der Waals surface area (Å²) in [6, 6.07) is 13.8. The zero-order chi connectivity index (χ0) is 17.6. The molecule has 0 aromatic heterocycles. The summed E-state index contributed by atoms with van der Waals surface area (Å²) in [5, 5.41) is 3.97. The highest BCUT2D eigenvalue weighted by atomic mass is 35.5. The molecular formula is C19H22ClN3O2. The van der Waals surface area contributed by atoms with Crippen LogP contribution < -0.4 is 20.5 Å². The van der Waals surface area contributed by atoms with Crippen molar-refractivity contribution in [2.75, 3.05) is 20.3 Å². The molecule has 25 heavy (non-hydrogen) atoms. The Morgan fingerprint density at radius 3 is 3.00 bits per heavy atom. The minimum absolute atomic E-state index is 0.123. The van der Waals surface area contributed by atoms with E-state index in [4.69, 9.17) is 26.8 Å². The van der Waals surface area contributed by atoms with E-state index in [0.29, 0.717) is 24.1 Å². The molecular weight excluding hydrogens is 338 g/mol. The summed E-state index contributed by atoms with van der Waals surface area (Å²) in [6.45, 7) is 1.24. The van der Waals surface area contributed by atoms with Gasteiger partial charge in [0.05, 0.1) is 19.8 Å². The molecule has 3 N–H and O–H groups in total. The number of nitrogens with two attached hydrogens (primary N) is 1. The van der Waals surface area contributed by atoms with Crippen LogP contribution in [0.15, 0.2) is 47.5 Å². The largest absolute Gasteiger partial charge is 0.497 e. The van der Waals surface area contributed by atoms with E-state index in [-0.39, 0.29) is 6.04 Å². The van der Waals surface area contributed by atoms with Gasteiger partial charge in [-0.2, -0.15) is 0 Å². The van der Waals surface area contributed by atoms with Gasteiger partial charge >= 0.3 is 0 Å². The molecule has 0 spiro atoms. The third-order valence-corrected chi connectivity index (χ3v) is 4.56. The third-order valence-electron chi connectivity index (χ3n) is 4.20. The van der Waals surface area contributed by atoms with Crippen molar-refractivity contribution in [3.63, 3.8) is 0 Å². The van der Waals surface area contributed by atoms with Crippen LogP contribution in [0.4, 0.5) is 0 Å². The van der Waals surface area contributed by atoms with E-state index in [1.807, 2.05) is 30.3 Å². The molecule has 0 radical (unpaired) electrons. The smallest absolute Gasteiger partial charge is 0.189 e. The zero-order valence-electron chi connectivity index (χ0n) is 14.2. The predicted octanol–water partition coefficient (Wildman–Crippen LogP) is 3.32. The molecule has 132 valence electrons. The number of ether oxygens (including phenoxy) is 2. The van der Waals surface area contributed by atoms with E-state index in [9.17, 15) is 0 Å². The first kappa shape index (κ1) is 17.4. The van der Waals surface area contributed by atoms with Crippen molar-refractivity contribution in [1.29, 1.82) is 0 Å². The second-order valence-electron chi connectivity index (χ2n) is 5.85. The lowest BCUT2D eigenvalue weighted by Gasteiger charge is -2.26. The molecule has 0 amide bonds. The number of hydrogen-bond acceptors (Lipinski definition) is 3. The summed E-state index contributed by atoms with van der Waals surface area (Å²) in [6.07, 6.45) is 1.58. The van der Waals surface area contributed by atoms with E-state index in [2.05, 4.69) is 16.4 Å². The predicted molar refractivity (Wildman–Crippen MR) is 101 cm³/mol. The Bertz CT molecular complexity index is 764. The van der Waals surface area contributed by atoms with Crippen LogP contribution in [0.3, 0.4) is 0 Å². The molecule has 2 aromatic rings. The Morgan fingerprint density at radius 1 is 1.36 bits per heavy atom. The number of halogens is 1. The van der Waals surface area contributed by atoms with Crippen molar-refractivity contribution in [2.45, 2.75) is 18.9 Å². The maximum absolute atomic E-state index is 6.25. The van der Waals surface area contributed by atoms with Crippen molar-refractivity contribution in [2.24, 2.45) is 10.7 Å². The average molecular weight is 360 g/mol. The lowest BCUT2D eigenvalue weighted by molar-refractivity contribution is 0.262. The highest BCUT2D eigenvalue weighted by Crippen LogP contribution is 2.31. The number of guanidine groups is 1. The van der Waals surface area contributed by atoms with Crippen LogP contribution in [0.25, 0.3) is 0 Å². The summed E-state index contributed by atoms with van der Waals surface area (Å²) in [7, 11) is 1.62. The number of methoxy groups -OCH3 is 1. The van der Waals surface area contributed by atoms with Gasteiger partial charge in [-0.05, 0) is 30.2 Å². The maximum atomic E-state index is 6.25. The number of para-hydroxylation sites is 1. The molecule has 0 fully saturated rings. The molecule has 2 aromatic carbocycles. The summed E-state index contributed by atoms with van der Waals surface area (Å²) >= 11 is 6.25. The van der Waals surface area contributed by atoms with Crippen LogP contribution in [0.2, 0.25) is 5.02 Å². The number of hydrogen-bond donors (Lipinski definition) is 2. The minimum atomic E-state index is 0.123. The lowest BCUT2D eigenvalue weighted by Crippen LogP contribution is -2.37. The van der Waals surface area contributed by atoms with Gasteiger partial charge < -0.3 is 20.5 Å². The zero-order valence-corrected chi connectivity index (χ0v) is 14.9. The van der Waals surface area contributed by atoms with E-state index in [0.717, 1.165) is 35.5 Å². The molecule has 1 aliphatic heterocycles. The number of nitrogens with one attached hydrogen (secondary N) is 1. The summed E-state index contributed by atoms with van der Waals surface area (Å²) < 4.78 is 10.8. The van der Waals surface area contributed by atoms with Crippen LogP contribution in [-0.4, -0.2) is 26.2 Å². The summed E-state index contributed by atoms with van der Waals surface area (Å²) in [5.74, 6) is 2.09. The first-order chi connectivity index (χ1) is 12.2. The molecule has 1 unspecified atom stereocenters. The van der Waals surface area contributed by atoms with Crippen molar-refractivity contribution in [1.82, 2.24) is 5.32 Å². The number of benzene rings is 2. The Morgan fingerprint density at radius 2 is 2.20 bits per heavy atom. The van der Waals surface area contributed by atoms with Gasteiger partial charge in [-0.15, -0.1) is 0 Å². The molecule has 0 saturated carbocycles. The van der Waals surface area contributed by atoms with Gasteiger partial charge in [0.15, 0.2) is 5.96 Å². The Balaban J connectivity index is 1.58. The molecule has 3 rings (SSSR count). The average Bonchev–Trinajstić information content (AvgIpc) is 2.63. The van der Waals surface area contributed by atoms with E-state index in [1.165, 1.54) is 0 Å². The Labute approximate surface area is 152 Å². The third kappa shape index (κ3) is 4.37. The Hall–Kier alpha value is -2.40. The second kappa shape index (κ2) is 8.12. The fraction of sp³-hybridized carbons (Fsp3) is 0.316. The number of nitrogens with zero attached hydrogens (tertiary/aromatic N) is 1. The highest BCUT2D eigenvalue weighted by molar-refractivity contribution is 6.31. The summed E-state index contributed by atoms with van der Waals surface area (Å²) in [5.41, 5.74) is 8.19. The van der Waals surface area contributed by atoms with Crippen molar-refractivity contribution >= 4 is 17.6 Å². The van der Waals surface area contributed by atoms with E-state index >= 15 is 0 Å². The molecule has 0 bridgehead atoms. The van der Waals surface area contributed by atoms with Gasteiger partial charge in [0, 0.05) is 23.6 Å². The standard InChI is InChI=1S/C19H22ClN3O2/c1-24-14-7-6-13(16(20)12-14)8-10-22-19(21)23-17-9-11-25-18-5-3-2-4-15(17)18/h2-7,12,17H,8-11H2,1H3,(H3,21,22,23). The maximum Gasteiger partial charge on any atom is 0.189 e. The van der Waals surface area contributed by atoms with Gasteiger partial charge in [-0.3, -0.25) is 4.99 Å². The molecule has 1 aliphatic rings. The Kier molecular flexibility index (Phi) is 5.66. The van der Waals surface area contributed by atoms with E-state index in [1.54, 1.807) is 13.2 Å². The number of rotatable bonds is 5. The highest BCUT2D eigenvalue weighted by Gasteiger charge is 2.21. The molecule has 1 atom stereocenters. The van der Waals surface area contributed by atoms with Gasteiger partial charge in [0.1, 0.15) is 11.5 Å². The van der Waals surface area contributed by atoms with Crippen LogP contribution in [0.5, 0.6) is 11.5 Å².